The molecule has 0 atom stereocenters. The number of benzene rings is 1. The van der Waals surface area contributed by atoms with E-state index in [-0.39, 0.29) is 5.90 Å². The lowest BCUT2D eigenvalue weighted by atomic mass is 10.3. The van der Waals surface area contributed by atoms with Crippen molar-refractivity contribution < 1.29 is 13.5 Å². The van der Waals surface area contributed by atoms with Crippen molar-refractivity contribution in [2.75, 3.05) is 0 Å². The van der Waals surface area contributed by atoms with Crippen LogP contribution in [0.15, 0.2) is 47.7 Å². The molecule has 0 saturated carbocycles. The number of allylic oxidation sites excluding steroid dienone is 1. The van der Waals surface area contributed by atoms with Gasteiger partial charge in [0.25, 0.3) is 0 Å². The number of hydrazine groups is 1. The lowest BCUT2D eigenvalue weighted by molar-refractivity contribution is 0.449. The Morgan fingerprint density at radius 3 is 2.61 bits per heavy atom. The average Bonchev–Trinajstić information content (AvgIpc) is 2.34. The molecule has 0 radical (unpaired) electrons. The van der Waals surface area contributed by atoms with Gasteiger partial charge in [0.05, 0.1) is 0 Å². The van der Waals surface area contributed by atoms with E-state index in [1.807, 2.05) is 0 Å². The van der Waals surface area contributed by atoms with E-state index in [2.05, 4.69) is 10.4 Å². The highest BCUT2D eigenvalue weighted by Gasteiger charge is 2.11. The normalized spacial score (nSPS) is 12.3. The zero-order chi connectivity index (χ0) is 13.4. The first-order chi connectivity index (χ1) is 8.69. The number of nitrogens with zero attached hydrogens (tertiary/aromatic N) is 1. The van der Waals surface area contributed by atoms with Gasteiger partial charge in [-0.2, -0.15) is 0 Å². The minimum Gasteiger partial charge on any atom is -0.433 e. The molecule has 6 heteroatoms. The van der Waals surface area contributed by atoms with Gasteiger partial charge in [0, 0.05) is 12.4 Å². The summed E-state index contributed by atoms with van der Waals surface area (Å²) in [6, 6.07) is 3.45. The van der Waals surface area contributed by atoms with Gasteiger partial charge in [-0.1, -0.05) is 12.1 Å². The molecule has 96 valence electrons. The molecule has 4 nitrogen and oxygen atoms in total. The van der Waals surface area contributed by atoms with Gasteiger partial charge in [0.2, 0.25) is 11.6 Å². The van der Waals surface area contributed by atoms with E-state index in [1.165, 1.54) is 24.5 Å². The summed E-state index contributed by atoms with van der Waals surface area (Å²) in [5.74, 6) is 2.95. The Morgan fingerprint density at radius 1 is 1.39 bits per heavy atom. The number of halogens is 2. The van der Waals surface area contributed by atoms with Crippen LogP contribution >= 0.6 is 0 Å². The van der Waals surface area contributed by atoms with Crippen LogP contribution in [0.25, 0.3) is 0 Å². The Morgan fingerprint density at radius 2 is 2.06 bits per heavy atom. The second kappa shape index (κ2) is 7.18. The van der Waals surface area contributed by atoms with Crippen LogP contribution in [-0.2, 0) is 0 Å². The molecule has 0 aliphatic carbocycles. The predicted octanol–water partition coefficient (Wildman–Crippen LogP) is 2.25. The molecule has 3 N–H and O–H groups in total. The highest BCUT2D eigenvalue weighted by molar-refractivity contribution is 5.89. The summed E-state index contributed by atoms with van der Waals surface area (Å²) in [7, 11) is 0. The molecule has 0 unspecified atom stereocenters. The van der Waals surface area contributed by atoms with E-state index in [0.29, 0.717) is 0 Å². The Balaban J connectivity index is 2.97. The van der Waals surface area contributed by atoms with Crippen LogP contribution in [-0.4, -0.2) is 5.90 Å². The topological polar surface area (TPSA) is 59.6 Å². The standard InChI is InChI=1S/C12H13F2N3O/c1-2-4-11(16-7-8-17-15)18-12-9(13)5-3-6-10(12)14/h2-8,17H,15H2,1H3/b4-2+,8-7+,16-11+. The minimum absolute atomic E-state index is 0.0352. The van der Waals surface area contributed by atoms with Crippen molar-refractivity contribution in [3.63, 3.8) is 0 Å². The predicted molar refractivity (Wildman–Crippen MR) is 65.7 cm³/mol. The Bertz CT molecular complexity index is 464. The third-order valence-electron chi connectivity index (χ3n) is 1.81. The summed E-state index contributed by atoms with van der Waals surface area (Å²) in [5.41, 5.74) is 2.24. The van der Waals surface area contributed by atoms with Gasteiger partial charge in [0.15, 0.2) is 11.6 Å². The molecular formula is C12H13F2N3O. The van der Waals surface area contributed by atoms with E-state index in [1.54, 1.807) is 13.0 Å². The third-order valence-corrected chi connectivity index (χ3v) is 1.81. The zero-order valence-electron chi connectivity index (χ0n) is 9.73. The van der Waals surface area contributed by atoms with Crippen molar-refractivity contribution in [1.29, 1.82) is 0 Å². The first-order valence-corrected chi connectivity index (χ1v) is 5.12. The number of nitrogens with one attached hydrogen (secondary N) is 1. The number of para-hydroxylation sites is 1. The van der Waals surface area contributed by atoms with E-state index in [9.17, 15) is 8.78 Å². The Labute approximate surface area is 103 Å². The van der Waals surface area contributed by atoms with Crippen LogP contribution in [0.5, 0.6) is 5.75 Å². The molecule has 0 heterocycles. The largest absolute Gasteiger partial charge is 0.433 e. The zero-order valence-corrected chi connectivity index (χ0v) is 9.73. The molecule has 1 aromatic carbocycles. The van der Waals surface area contributed by atoms with Crippen LogP contribution in [0.3, 0.4) is 0 Å². The first-order valence-electron chi connectivity index (χ1n) is 5.12. The summed E-state index contributed by atoms with van der Waals surface area (Å²) in [5, 5.41) is 0. The number of ether oxygens (including phenoxy) is 1. The third kappa shape index (κ3) is 3.99. The summed E-state index contributed by atoms with van der Waals surface area (Å²) in [6.45, 7) is 1.72. The average molecular weight is 253 g/mol. The fraction of sp³-hybridized carbons (Fsp3) is 0.0833. The highest BCUT2D eigenvalue weighted by Crippen LogP contribution is 2.21. The van der Waals surface area contributed by atoms with Crippen LogP contribution in [0.1, 0.15) is 6.92 Å². The van der Waals surface area contributed by atoms with Gasteiger partial charge >= 0.3 is 0 Å². The molecular weight excluding hydrogens is 240 g/mol. The monoisotopic (exact) mass is 253 g/mol. The minimum atomic E-state index is -0.798. The maximum atomic E-state index is 13.3. The summed E-state index contributed by atoms with van der Waals surface area (Å²) < 4.78 is 31.7. The first kappa shape index (κ1) is 13.9. The van der Waals surface area contributed by atoms with Crippen LogP contribution in [0.2, 0.25) is 0 Å². The fourth-order valence-corrected chi connectivity index (χ4v) is 1.08. The number of rotatable bonds is 4. The second-order valence-electron chi connectivity index (χ2n) is 3.10. The molecule has 0 saturated heterocycles. The van der Waals surface area contributed by atoms with Crippen molar-refractivity contribution in [3.05, 3.63) is 54.4 Å². The molecule has 0 fully saturated rings. The molecule has 0 spiro atoms. The van der Waals surface area contributed by atoms with Crippen molar-refractivity contribution >= 4 is 5.90 Å². The molecule has 0 aromatic heterocycles. The molecule has 0 amide bonds. The van der Waals surface area contributed by atoms with E-state index < -0.39 is 17.4 Å². The Kier molecular flexibility index (Phi) is 5.53. The van der Waals surface area contributed by atoms with Crippen molar-refractivity contribution in [2.45, 2.75) is 6.92 Å². The SMILES string of the molecule is C/C=C/C(=N\C=C\NN)Oc1c(F)cccc1F. The number of hydrogen-bond acceptors (Lipinski definition) is 4. The van der Waals surface area contributed by atoms with Gasteiger partial charge in [-0.05, 0) is 25.1 Å². The summed E-state index contributed by atoms with van der Waals surface area (Å²) in [4.78, 5) is 3.83. The summed E-state index contributed by atoms with van der Waals surface area (Å²) in [6.07, 6.45) is 5.73. The number of hydrogen-bond donors (Lipinski definition) is 2. The second-order valence-corrected chi connectivity index (χ2v) is 3.10. The van der Waals surface area contributed by atoms with Gasteiger partial charge in [-0.25, -0.2) is 13.8 Å². The van der Waals surface area contributed by atoms with Crippen molar-refractivity contribution in [1.82, 2.24) is 5.43 Å². The lowest BCUT2D eigenvalue weighted by Crippen LogP contribution is -2.13. The van der Waals surface area contributed by atoms with Gasteiger partial charge in [-0.15, -0.1) is 0 Å². The maximum Gasteiger partial charge on any atom is 0.219 e. The molecule has 0 bridgehead atoms. The van der Waals surface area contributed by atoms with Crippen LogP contribution in [0.4, 0.5) is 8.78 Å². The Hall–Kier alpha value is -2.21. The van der Waals surface area contributed by atoms with Gasteiger partial charge in [-0.3, -0.25) is 5.84 Å². The van der Waals surface area contributed by atoms with E-state index in [0.717, 1.165) is 12.1 Å². The molecule has 18 heavy (non-hydrogen) atoms. The number of nitrogens with two attached hydrogens (primary N) is 1. The number of aliphatic imine (C=N–C) groups is 1. The fourth-order valence-electron chi connectivity index (χ4n) is 1.08. The summed E-state index contributed by atoms with van der Waals surface area (Å²) >= 11 is 0. The molecule has 1 rings (SSSR count). The van der Waals surface area contributed by atoms with Gasteiger partial charge < -0.3 is 10.2 Å². The molecule has 1 aromatic rings. The highest BCUT2D eigenvalue weighted by atomic mass is 19.1. The van der Waals surface area contributed by atoms with Crippen LogP contribution in [0, 0.1) is 11.6 Å². The van der Waals surface area contributed by atoms with Crippen molar-refractivity contribution in [3.8, 4) is 5.75 Å². The quantitative estimate of drug-likeness (QED) is 0.374. The lowest BCUT2D eigenvalue weighted by Gasteiger charge is -2.06. The maximum absolute atomic E-state index is 13.3. The van der Waals surface area contributed by atoms with E-state index in [4.69, 9.17) is 10.6 Å². The van der Waals surface area contributed by atoms with E-state index >= 15 is 0 Å². The van der Waals surface area contributed by atoms with Gasteiger partial charge in [0.1, 0.15) is 0 Å². The van der Waals surface area contributed by atoms with Crippen LogP contribution < -0.4 is 16.0 Å². The van der Waals surface area contributed by atoms with Crippen molar-refractivity contribution in [2.24, 2.45) is 10.8 Å². The molecule has 0 aliphatic heterocycles. The molecule has 0 aliphatic rings. The smallest absolute Gasteiger partial charge is 0.219 e.